The molecule has 0 saturated heterocycles. The second-order valence-corrected chi connectivity index (χ2v) is 3.62. The molecule has 0 aliphatic carbocycles. The molecule has 2 N–H and O–H groups in total. The molecule has 16 heavy (non-hydrogen) atoms. The lowest BCUT2D eigenvalue weighted by Crippen LogP contribution is -2.18. The zero-order valence-corrected chi connectivity index (χ0v) is 9.70. The molecule has 0 heterocycles. The van der Waals surface area contributed by atoms with E-state index in [0.29, 0.717) is 6.61 Å². The van der Waals surface area contributed by atoms with Crippen molar-refractivity contribution in [1.82, 2.24) is 5.32 Å². The maximum absolute atomic E-state index is 8.97. The first-order valence-electron chi connectivity index (χ1n) is 5.46. The Balaban J connectivity index is 2.38. The summed E-state index contributed by atoms with van der Waals surface area (Å²) in [5, 5.41) is 12.2. The number of ether oxygens (including phenoxy) is 1. The molecule has 0 spiro atoms. The Bertz CT molecular complexity index is 336. The summed E-state index contributed by atoms with van der Waals surface area (Å²) >= 11 is 0. The Morgan fingerprint density at radius 3 is 3.00 bits per heavy atom. The van der Waals surface area contributed by atoms with Gasteiger partial charge in [0.25, 0.3) is 0 Å². The highest BCUT2D eigenvalue weighted by atomic mass is 16.5. The molecule has 1 aromatic rings. The first kappa shape index (κ1) is 12.7. The van der Waals surface area contributed by atoms with Crippen molar-refractivity contribution >= 4 is 0 Å². The molecule has 0 aliphatic heterocycles. The average molecular weight is 221 g/mol. The zero-order valence-electron chi connectivity index (χ0n) is 9.70. The van der Waals surface area contributed by atoms with Crippen molar-refractivity contribution < 1.29 is 9.84 Å². The van der Waals surface area contributed by atoms with E-state index in [1.807, 2.05) is 24.3 Å². The third kappa shape index (κ3) is 4.47. The van der Waals surface area contributed by atoms with Gasteiger partial charge < -0.3 is 15.2 Å². The van der Waals surface area contributed by atoms with Crippen molar-refractivity contribution in [2.75, 3.05) is 19.7 Å². The zero-order chi connectivity index (χ0) is 11.8. The van der Waals surface area contributed by atoms with E-state index in [9.17, 15) is 0 Å². The molecule has 1 aromatic carbocycles. The van der Waals surface area contributed by atoms with E-state index in [1.165, 1.54) is 0 Å². The summed E-state index contributed by atoms with van der Waals surface area (Å²) in [6.07, 6.45) is 0. The molecule has 0 fully saturated rings. The van der Waals surface area contributed by atoms with Gasteiger partial charge in [-0.25, -0.2) is 0 Å². The van der Waals surface area contributed by atoms with Crippen LogP contribution in [0, 0.1) is 0 Å². The number of likely N-dealkylation sites (N-methyl/N-ethyl adjacent to an activating group) is 1. The van der Waals surface area contributed by atoms with Gasteiger partial charge in [-0.2, -0.15) is 0 Å². The highest BCUT2D eigenvalue weighted by molar-refractivity contribution is 5.28. The Kier molecular flexibility index (Phi) is 5.61. The van der Waals surface area contributed by atoms with Gasteiger partial charge in [0.05, 0.1) is 6.61 Å². The fraction of sp³-hybridized carbons (Fsp3) is 0.385. The van der Waals surface area contributed by atoms with Crippen molar-refractivity contribution in [3.63, 3.8) is 0 Å². The van der Waals surface area contributed by atoms with Crippen LogP contribution in [0.15, 0.2) is 36.4 Å². The Morgan fingerprint density at radius 1 is 1.50 bits per heavy atom. The molecule has 3 heteroatoms. The number of nitrogens with one attached hydrogen (secondary N) is 1. The SMILES string of the molecule is C=C(CNCC)COc1cccc(CO)c1. The van der Waals surface area contributed by atoms with Crippen LogP contribution in [0.2, 0.25) is 0 Å². The number of hydrogen-bond donors (Lipinski definition) is 2. The first-order chi connectivity index (χ1) is 7.76. The summed E-state index contributed by atoms with van der Waals surface area (Å²) in [6.45, 7) is 8.21. The van der Waals surface area contributed by atoms with Gasteiger partial charge in [-0.15, -0.1) is 0 Å². The second-order valence-electron chi connectivity index (χ2n) is 3.62. The third-order valence-electron chi connectivity index (χ3n) is 2.15. The molecular weight excluding hydrogens is 202 g/mol. The first-order valence-corrected chi connectivity index (χ1v) is 5.46. The quantitative estimate of drug-likeness (QED) is 0.689. The van der Waals surface area contributed by atoms with Crippen molar-refractivity contribution in [2.24, 2.45) is 0 Å². The number of aliphatic hydroxyl groups excluding tert-OH is 1. The lowest BCUT2D eigenvalue weighted by Gasteiger charge is -2.09. The fourth-order valence-electron chi connectivity index (χ4n) is 1.27. The van der Waals surface area contributed by atoms with Gasteiger partial charge in [-0.3, -0.25) is 0 Å². The highest BCUT2D eigenvalue weighted by Gasteiger charge is 1.98. The number of hydrogen-bond acceptors (Lipinski definition) is 3. The van der Waals surface area contributed by atoms with Crippen molar-refractivity contribution in [1.29, 1.82) is 0 Å². The second kappa shape index (κ2) is 7.04. The minimum atomic E-state index is 0.0372. The van der Waals surface area contributed by atoms with Crippen molar-refractivity contribution in [3.05, 3.63) is 42.0 Å². The Morgan fingerprint density at radius 2 is 2.31 bits per heavy atom. The van der Waals surface area contributed by atoms with Crippen LogP contribution in [0.1, 0.15) is 12.5 Å². The predicted octanol–water partition coefficient (Wildman–Crippen LogP) is 1.72. The number of rotatable bonds is 7. The summed E-state index contributed by atoms with van der Waals surface area (Å²) in [5.74, 6) is 0.768. The minimum absolute atomic E-state index is 0.0372. The van der Waals surface area contributed by atoms with Crippen LogP contribution in [0.4, 0.5) is 0 Å². The third-order valence-corrected chi connectivity index (χ3v) is 2.15. The summed E-state index contributed by atoms with van der Waals surface area (Å²) in [4.78, 5) is 0. The molecule has 88 valence electrons. The average Bonchev–Trinajstić information content (AvgIpc) is 2.34. The van der Waals surface area contributed by atoms with E-state index in [4.69, 9.17) is 9.84 Å². The lowest BCUT2D eigenvalue weighted by molar-refractivity contribution is 0.280. The standard InChI is InChI=1S/C13H19NO2/c1-3-14-8-11(2)10-16-13-6-4-5-12(7-13)9-15/h4-7,14-15H,2-3,8-10H2,1H3. The summed E-state index contributed by atoms with van der Waals surface area (Å²) < 4.78 is 5.56. The summed E-state index contributed by atoms with van der Waals surface area (Å²) in [6, 6.07) is 7.44. The molecule has 0 radical (unpaired) electrons. The van der Waals surface area contributed by atoms with Crippen LogP contribution >= 0.6 is 0 Å². The van der Waals surface area contributed by atoms with E-state index in [0.717, 1.165) is 30.0 Å². The molecule has 1 rings (SSSR count). The molecule has 0 saturated carbocycles. The molecular formula is C13H19NO2. The van der Waals surface area contributed by atoms with E-state index >= 15 is 0 Å². The molecule has 0 bridgehead atoms. The van der Waals surface area contributed by atoms with Gasteiger partial charge in [0.15, 0.2) is 0 Å². The maximum atomic E-state index is 8.97. The minimum Gasteiger partial charge on any atom is -0.489 e. The van der Waals surface area contributed by atoms with E-state index < -0.39 is 0 Å². The maximum Gasteiger partial charge on any atom is 0.120 e. The van der Waals surface area contributed by atoms with Crippen LogP contribution in [0.5, 0.6) is 5.75 Å². The van der Waals surface area contributed by atoms with E-state index in [-0.39, 0.29) is 6.61 Å². The van der Waals surface area contributed by atoms with Crippen LogP contribution in [-0.4, -0.2) is 24.8 Å². The van der Waals surface area contributed by atoms with Crippen molar-refractivity contribution in [3.8, 4) is 5.75 Å². The Hall–Kier alpha value is -1.32. The van der Waals surface area contributed by atoms with Crippen LogP contribution < -0.4 is 10.1 Å². The van der Waals surface area contributed by atoms with Crippen LogP contribution in [0.3, 0.4) is 0 Å². The van der Waals surface area contributed by atoms with Crippen LogP contribution in [0.25, 0.3) is 0 Å². The van der Waals surface area contributed by atoms with Gasteiger partial charge in [-0.05, 0) is 29.8 Å². The molecule has 0 atom stereocenters. The summed E-state index contributed by atoms with van der Waals surface area (Å²) in [7, 11) is 0. The fourth-order valence-corrected chi connectivity index (χ4v) is 1.27. The lowest BCUT2D eigenvalue weighted by atomic mass is 10.2. The van der Waals surface area contributed by atoms with E-state index in [2.05, 4.69) is 18.8 Å². The van der Waals surface area contributed by atoms with Crippen LogP contribution in [-0.2, 0) is 6.61 Å². The van der Waals surface area contributed by atoms with E-state index in [1.54, 1.807) is 0 Å². The predicted molar refractivity (Wildman–Crippen MR) is 65.5 cm³/mol. The van der Waals surface area contributed by atoms with Gasteiger partial charge in [0, 0.05) is 6.54 Å². The largest absolute Gasteiger partial charge is 0.489 e. The van der Waals surface area contributed by atoms with Gasteiger partial charge >= 0.3 is 0 Å². The number of benzene rings is 1. The topological polar surface area (TPSA) is 41.5 Å². The van der Waals surface area contributed by atoms with Gasteiger partial charge in [0.2, 0.25) is 0 Å². The Labute approximate surface area is 96.8 Å². The molecule has 3 nitrogen and oxygen atoms in total. The van der Waals surface area contributed by atoms with Crippen molar-refractivity contribution in [2.45, 2.75) is 13.5 Å². The molecule has 0 aliphatic rings. The number of aliphatic hydroxyl groups is 1. The molecule has 0 aromatic heterocycles. The normalized spacial score (nSPS) is 10.1. The smallest absolute Gasteiger partial charge is 0.120 e. The van der Waals surface area contributed by atoms with Gasteiger partial charge in [0.1, 0.15) is 12.4 Å². The monoisotopic (exact) mass is 221 g/mol. The highest BCUT2D eigenvalue weighted by Crippen LogP contribution is 2.13. The van der Waals surface area contributed by atoms with Gasteiger partial charge in [-0.1, -0.05) is 25.6 Å². The summed E-state index contributed by atoms with van der Waals surface area (Å²) in [5.41, 5.74) is 1.87. The molecule has 0 amide bonds. The molecule has 0 unspecified atom stereocenters.